The van der Waals surface area contributed by atoms with Gasteiger partial charge in [-0.1, -0.05) is 19.9 Å². The molecule has 110 valence electrons. The Morgan fingerprint density at radius 3 is 3.00 bits per heavy atom. The predicted molar refractivity (Wildman–Crippen MR) is 84.2 cm³/mol. The molecule has 2 rings (SSSR count). The summed E-state index contributed by atoms with van der Waals surface area (Å²) in [5.74, 6) is 1.54. The highest BCUT2D eigenvalue weighted by Gasteiger charge is 2.12. The van der Waals surface area contributed by atoms with Crippen LogP contribution in [0.25, 0.3) is 5.65 Å². The molecule has 2 N–H and O–H groups in total. The van der Waals surface area contributed by atoms with Gasteiger partial charge in [0.25, 0.3) is 0 Å². The van der Waals surface area contributed by atoms with Crippen molar-refractivity contribution in [2.75, 3.05) is 18.9 Å². The van der Waals surface area contributed by atoms with E-state index in [1.54, 1.807) is 11.8 Å². The normalized spacial score (nSPS) is 11.6. The first kappa shape index (κ1) is 15.4. The molecule has 2 aromatic rings. The van der Waals surface area contributed by atoms with Crippen molar-refractivity contribution < 1.29 is 5.11 Å². The summed E-state index contributed by atoms with van der Waals surface area (Å²) in [4.78, 5) is 4.69. The van der Waals surface area contributed by atoms with Gasteiger partial charge < -0.3 is 14.8 Å². The summed E-state index contributed by atoms with van der Waals surface area (Å²) in [6, 6.07) is 6.07. The Balaban J connectivity index is 2.15. The van der Waals surface area contributed by atoms with Crippen LogP contribution in [0.3, 0.4) is 0 Å². The fourth-order valence-corrected chi connectivity index (χ4v) is 2.98. The molecule has 0 aliphatic heterocycles. The number of hydrogen-bond acceptors (Lipinski definition) is 4. The van der Waals surface area contributed by atoms with E-state index in [0.717, 1.165) is 35.9 Å². The zero-order valence-electron chi connectivity index (χ0n) is 12.2. The van der Waals surface area contributed by atoms with Crippen molar-refractivity contribution in [3.8, 4) is 0 Å². The summed E-state index contributed by atoms with van der Waals surface area (Å²) in [5, 5.41) is 13.5. The molecule has 0 atom stereocenters. The molecule has 4 nitrogen and oxygen atoms in total. The number of imidazole rings is 1. The van der Waals surface area contributed by atoms with Crippen LogP contribution < -0.4 is 5.32 Å². The first-order valence-corrected chi connectivity index (χ1v) is 8.11. The number of hydrogen-bond donors (Lipinski definition) is 2. The molecule has 0 aliphatic rings. The van der Waals surface area contributed by atoms with Crippen LogP contribution in [-0.2, 0) is 6.54 Å². The Labute approximate surface area is 124 Å². The molecule has 0 spiro atoms. The third-order valence-electron chi connectivity index (χ3n) is 2.98. The lowest BCUT2D eigenvalue weighted by molar-refractivity contribution is 0.296. The SMILES string of the molecule is CC(C)CNCc1c(SCCCO)nc2ccccn12. The number of aliphatic hydroxyl groups is 1. The minimum absolute atomic E-state index is 0.237. The molecule has 2 aromatic heterocycles. The number of fused-ring (bicyclic) bond motifs is 1. The Morgan fingerprint density at radius 1 is 1.40 bits per heavy atom. The summed E-state index contributed by atoms with van der Waals surface area (Å²) in [6.07, 6.45) is 2.86. The first-order chi connectivity index (χ1) is 9.72. The summed E-state index contributed by atoms with van der Waals surface area (Å²) >= 11 is 1.72. The average Bonchev–Trinajstić information content (AvgIpc) is 2.77. The second-order valence-electron chi connectivity index (χ2n) is 5.24. The quantitative estimate of drug-likeness (QED) is 0.580. The lowest BCUT2D eigenvalue weighted by Crippen LogP contribution is -2.20. The fraction of sp³-hybridized carbons (Fsp3) is 0.533. The molecule has 0 fully saturated rings. The van der Waals surface area contributed by atoms with E-state index in [1.165, 1.54) is 5.69 Å². The third-order valence-corrected chi connectivity index (χ3v) is 4.07. The van der Waals surface area contributed by atoms with E-state index in [1.807, 2.05) is 18.2 Å². The maximum atomic E-state index is 8.90. The number of nitrogens with zero attached hydrogens (tertiary/aromatic N) is 2. The maximum Gasteiger partial charge on any atom is 0.138 e. The van der Waals surface area contributed by atoms with Crippen LogP contribution in [0.5, 0.6) is 0 Å². The minimum Gasteiger partial charge on any atom is -0.396 e. The Bertz CT molecular complexity index is 539. The Hall–Kier alpha value is -1.04. The van der Waals surface area contributed by atoms with E-state index in [4.69, 9.17) is 5.11 Å². The standard InChI is InChI=1S/C15H23N3OS/c1-12(2)10-16-11-13-15(20-9-5-8-19)17-14-6-3-4-7-18(13)14/h3-4,6-7,12,16,19H,5,8-11H2,1-2H3. The van der Waals surface area contributed by atoms with Gasteiger partial charge in [0.15, 0.2) is 0 Å². The van der Waals surface area contributed by atoms with Gasteiger partial charge in [0.1, 0.15) is 10.7 Å². The number of aliphatic hydroxyl groups excluding tert-OH is 1. The van der Waals surface area contributed by atoms with Crippen LogP contribution >= 0.6 is 11.8 Å². The van der Waals surface area contributed by atoms with E-state index < -0.39 is 0 Å². The summed E-state index contributed by atoms with van der Waals surface area (Å²) < 4.78 is 2.15. The zero-order chi connectivity index (χ0) is 14.4. The smallest absolute Gasteiger partial charge is 0.138 e. The summed E-state index contributed by atoms with van der Waals surface area (Å²) in [5.41, 5.74) is 2.20. The molecule has 0 bridgehead atoms. The lowest BCUT2D eigenvalue weighted by Gasteiger charge is -2.09. The van der Waals surface area contributed by atoms with Crippen molar-refractivity contribution >= 4 is 17.4 Å². The number of thioether (sulfide) groups is 1. The number of rotatable bonds is 8. The largest absolute Gasteiger partial charge is 0.396 e. The van der Waals surface area contributed by atoms with Crippen molar-refractivity contribution in [1.29, 1.82) is 0 Å². The molecule has 20 heavy (non-hydrogen) atoms. The lowest BCUT2D eigenvalue weighted by atomic mass is 10.2. The highest BCUT2D eigenvalue weighted by molar-refractivity contribution is 7.99. The molecule has 0 aromatic carbocycles. The van der Waals surface area contributed by atoms with Gasteiger partial charge in [0.2, 0.25) is 0 Å². The molecule has 0 saturated carbocycles. The predicted octanol–water partition coefficient (Wildman–Crippen LogP) is 2.55. The van der Waals surface area contributed by atoms with E-state index in [2.05, 4.69) is 34.7 Å². The van der Waals surface area contributed by atoms with Crippen molar-refractivity contribution in [1.82, 2.24) is 14.7 Å². The van der Waals surface area contributed by atoms with Gasteiger partial charge in [-0.05, 0) is 31.0 Å². The van der Waals surface area contributed by atoms with Crippen molar-refractivity contribution in [2.45, 2.75) is 31.8 Å². The monoisotopic (exact) mass is 293 g/mol. The fourth-order valence-electron chi connectivity index (χ4n) is 2.01. The highest BCUT2D eigenvalue weighted by atomic mass is 32.2. The van der Waals surface area contributed by atoms with Crippen LogP contribution in [0, 0.1) is 5.92 Å². The molecular weight excluding hydrogens is 270 g/mol. The molecule has 0 saturated heterocycles. The van der Waals surface area contributed by atoms with Gasteiger partial charge in [0.05, 0.1) is 5.69 Å². The Kier molecular flexibility index (Phi) is 5.88. The second-order valence-corrected chi connectivity index (χ2v) is 6.33. The van der Waals surface area contributed by atoms with E-state index in [0.29, 0.717) is 5.92 Å². The van der Waals surface area contributed by atoms with Crippen molar-refractivity contribution in [3.05, 3.63) is 30.1 Å². The molecule has 0 aliphatic carbocycles. The zero-order valence-corrected chi connectivity index (χ0v) is 13.0. The van der Waals surface area contributed by atoms with Gasteiger partial charge in [-0.25, -0.2) is 4.98 Å². The third kappa shape index (κ3) is 3.98. The summed E-state index contributed by atoms with van der Waals surface area (Å²) in [6.45, 7) is 6.48. The van der Waals surface area contributed by atoms with Gasteiger partial charge in [-0.15, -0.1) is 11.8 Å². The van der Waals surface area contributed by atoms with Gasteiger partial charge in [-0.3, -0.25) is 0 Å². The van der Waals surface area contributed by atoms with Gasteiger partial charge in [-0.2, -0.15) is 0 Å². The number of nitrogens with one attached hydrogen (secondary N) is 1. The van der Waals surface area contributed by atoms with Crippen LogP contribution in [0.1, 0.15) is 26.0 Å². The van der Waals surface area contributed by atoms with Crippen LogP contribution in [0.15, 0.2) is 29.4 Å². The molecule has 0 amide bonds. The van der Waals surface area contributed by atoms with Gasteiger partial charge >= 0.3 is 0 Å². The van der Waals surface area contributed by atoms with Gasteiger partial charge in [0, 0.05) is 25.1 Å². The van der Waals surface area contributed by atoms with Crippen LogP contribution in [0.4, 0.5) is 0 Å². The molecular formula is C15H23N3OS. The highest BCUT2D eigenvalue weighted by Crippen LogP contribution is 2.24. The van der Waals surface area contributed by atoms with E-state index in [9.17, 15) is 0 Å². The Morgan fingerprint density at radius 2 is 2.25 bits per heavy atom. The molecule has 2 heterocycles. The maximum absolute atomic E-state index is 8.90. The van der Waals surface area contributed by atoms with Crippen LogP contribution in [-0.4, -0.2) is 33.4 Å². The molecule has 0 unspecified atom stereocenters. The molecule has 0 radical (unpaired) electrons. The van der Waals surface area contributed by atoms with Crippen molar-refractivity contribution in [2.24, 2.45) is 5.92 Å². The minimum atomic E-state index is 0.237. The second kappa shape index (κ2) is 7.67. The topological polar surface area (TPSA) is 49.6 Å². The summed E-state index contributed by atoms with van der Waals surface area (Å²) in [7, 11) is 0. The van der Waals surface area contributed by atoms with E-state index in [-0.39, 0.29) is 6.61 Å². The number of pyridine rings is 1. The molecule has 5 heteroatoms. The van der Waals surface area contributed by atoms with Crippen molar-refractivity contribution in [3.63, 3.8) is 0 Å². The average molecular weight is 293 g/mol. The number of aromatic nitrogens is 2. The van der Waals surface area contributed by atoms with E-state index >= 15 is 0 Å². The van der Waals surface area contributed by atoms with Crippen LogP contribution in [0.2, 0.25) is 0 Å². The first-order valence-electron chi connectivity index (χ1n) is 7.12.